The lowest BCUT2D eigenvalue weighted by Crippen LogP contribution is -1.92. The van der Waals surface area contributed by atoms with Gasteiger partial charge in [-0.3, -0.25) is 0 Å². The van der Waals surface area contributed by atoms with Gasteiger partial charge in [0.1, 0.15) is 17.6 Å². The van der Waals surface area contributed by atoms with Crippen molar-refractivity contribution in [2.45, 2.75) is 26.9 Å². The van der Waals surface area contributed by atoms with E-state index in [4.69, 9.17) is 8.94 Å². The second kappa shape index (κ2) is 3.51. The van der Waals surface area contributed by atoms with Gasteiger partial charge in [-0.15, -0.1) is 0 Å². The zero-order valence-corrected chi connectivity index (χ0v) is 8.81. The number of aryl methyl sites for hydroxylation is 2. The molecule has 0 saturated heterocycles. The molecule has 0 aliphatic heterocycles. The van der Waals surface area contributed by atoms with Crippen molar-refractivity contribution in [3.8, 4) is 11.5 Å². The molecule has 0 aliphatic carbocycles. The van der Waals surface area contributed by atoms with Gasteiger partial charge in [0.15, 0.2) is 5.82 Å². The Morgan fingerprint density at radius 2 is 2.13 bits per heavy atom. The molecular formula is C10H12N2O3. The van der Waals surface area contributed by atoms with Crippen molar-refractivity contribution in [3.05, 3.63) is 23.4 Å². The van der Waals surface area contributed by atoms with Crippen molar-refractivity contribution in [3.63, 3.8) is 0 Å². The maximum absolute atomic E-state index is 9.25. The monoisotopic (exact) mass is 208 g/mol. The minimum absolute atomic E-state index is 0.281. The first-order valence-electron chi connectivity index (χ1n) is 4.67. The number of aliphatic hydroxyl groups is 1. The Morgan fingerprint density at radius 3 is 2.60 bits per heavy atom. The van der Waals surface area contributed by atoms with E-state index in [1.54, 1.807) is 6.92 Å². The maximum atomic E-state index is 9.25. The second-order valence-electron chi connectivity index (χ2n) is 3.46. The number of hydrogen-bond donors (Lipinski definition) is 1. The number of rotatable bonds is 2. The highest BCUT2D eigenvalue weighted by atomic mass is 16.5. The third kappa shape index (κ3) is 1.78. The second-order valence-corrected chi connectivity index (χ2v) is 3.46. The van der Waals surface area contributed by atoms with E-state index in [1.807, 2.05) is 19.9 Å². The number of nitrogens with zero attached hydrogens (tertiary/aromatic N) is 2. The maximum Gasteiger partial charge on any atom is 0.261 e. The molecule has 15 heavy (non-hydrogen) atoms. The van der Waals surface area contributed by atoms with E-state index < -0.39 is 6.10 Å². The van der Waals surface area contributed by atoms with Crippen LogP contribution in [0.1, 0.15) is 30.4 Å². The normalized spacial score (nSPS) is 13.1. The van der Waals surface area contributed by atoms with Gasteiger partial charge in [0.25, 0.3) is 5.89 Å². The predicted octanol–water partition coefficient (Wildman–Crippen LogP) is 2.00. The molecule has 1 unspecified atom stereocenters. The summed E-state index contributed by atoms with van der Waals surface area (Å²) in [7, 11) is 0. The molecule has 1 N–H and O–H groups in total. The van der Waals surface area contributed by atoms with Crippen LogP contribution < -0.4 is 0 Å². The molecule has 5 heteroatoms. The van der Waals surface area contributed by atoms with Crippen LogP contribution in [0.4, 0.5) is 0 Å². The van der Waals surface area contributed by atoms with Crippen LogP contribution in [0, 0.1) is 13.8 Å². The molecule has 0 fully saturated rings. The zero-order valence-electron chi connectivity index (χ0n) is 8.81. The molecule has 0 radical (unpaired) electrons. The Kier molecular flexibility index (Phi) is 2.32. The van der Waals surface area contributed by atoms with Crippen LogP contribution in [0.5, 0.6) is 0 Å². The molecule has 5 nitrogen and oxygen atoms in total. The Morgan fingerprint density at radius 1 is 1.40 bits per heavy atom. The highest BCUT2D eigenvalue weighted by Gasteiger charge is 2.16. The van der Waals surface area contributed by atoms with Gasteiger partial charge in [-0.2, -0.15) is 4.98 Å². The number of hydrogen-bond acceptors (Lipinski definition) is 5. The van der Waals surface area contributed by atoms with E-state index >= 15 is 0 Å². The average Bonchev–Trinajstić information content (AvgIpc) is 2.71. The van der Waals surface area contributed by atoms with Gasteiger partial charge >= 0.3 is 0 Å². The lowest BCUT2D eigenvalue weighted by molar-refractivity contribution is 0.184. The first-order chi connectivity index (χ1) is 7.08. The smallest absolute Gasteiger partial charge is 0.261 e. The summed E-state index contributed by atoms with van der Waals surface area (Å²) >= 11 is 0. The van der Waals surface area contributed by atoms with Crippen LogP contribution in [-0.4, -0.2) is 15.2 Å². The standard InChI is InChI=1S/C10H12N2O3/c1-5-4-8(7(3)14-5)10-11-9(6(2)13)12-15-10/h4,6,13H,1-3H3. The summed E-state index contributed by atoms with van der Waals surface area (Å²) in [4.78, 5) is 4.07. The summed E-state index contributed by atoms with van der Waals surface area (Å²) in [5.74, 6) is 2.18. The zero-order chi connectivity index (χ0) is 11.0. The van der Waals surface area contributed by atoms with Gasteiger partial charge in [0.05, 0.1) is 5.56 Å². The highest BCUT2D eigenvalue weighted by Crippen LogP contribution is 2.25. The summed E-state index contributed by atoms with van der Waals surface area (Å²) in [5, 5.41) is 12.9. The number of aliphatic hydroxyl groups excluding tert-OH is 1. The molecule has 1 atom stereocenters. The number of aromatic nitrogens is 2. The van der Waals surface area contributed by atoms with Crippen molar-refractivity contribution in [2.75, 3.05) is 0 Å². The van der Waals surface area contributed by atoms with Crippen molar-refractivity contribution in [2.24, 2.45) is 0 Å². The molecule has 0 bridgehead atoms. The lowest BCUT2D eigenvalue weighted by atomic mass is 10.2. The van der Waals surface area contributed by atoms with Crippen molar-refractivity contribution in [1.29, 1.82) is 0 Å². The average molecular weight is 208 g/mol. The first-order valence-corrected chi connectivity index (χ1v) is 4.67. The molecule has 0 aliphatic rings. The molecule has 2 rings (SSSR count). The Hall–Kier alpha value is -1.62. The van der Waals surface area contributed by atoms with Gasteiger partial charge in [-0.25, -0.2) is 0 Å². The van der Waals surface area contributed by atoms with E-state index in [-0.39, 0.29) is 5.82 Å². The molecule has 0 amide bonds. The fourth-order valence-electron chi connectivity index (χ4n) is 1.36. The highest BCUT2D eigenvalue weighted by molar-refractivity contribution is 5.56. The third-order valence-electron chi connectivity index (χ3n) is 2.09. The summed E-state index contributed by atoms with van der Waals surface area (Å²) in [6.07, 6.45) is -0.726. The van der Waals surface area contributed by atoms with Crippen molar-refractivity contribution >= 4 is 0 Å². The lowest BCUT2D eigenvalue weighted by Gasteiger charge is -1.91. The van der Waals surface area contributed by atoms with Gasteiger partial charge in [-0.05, 0) is 26.8 Å². The van der Waals surface area contributed by atoms with Crippen LogP contribution >= 0.6 is 0 Å². The van der Waals surface area contributed by atoms with E-state index in [9.17, 15) is 5.11 Å². The van der Waals surface area contributed by atoms with Gasteiger partial charge in [0.2, 0.25) is 0 Å². The summed E-state index contributed by atoms with van der Waals surface area (Å²) in [6.45, 7) is 5.26. The molecule has 80 valence electrons. The summed E-state index contributed by atoms with van der Waals surface area (Å²) in [5.41, 5.74) is 0.770. The van der Waals surface area contributed by atoms with Crippen molar-refractivity contribution < 1.29 is 14.0 Å². The fourth-order valence-corrected chi connectivity index (χ4v) is 1.36. The van der Waals surface area contributed by atoms with E-state index in [0.717, 1.165) is 17.1 Å². The van der Waals surface area contributed by atoms with E-state index in [0.29, 0.717) is 5.89 Å². The molecular weight excluding hydrogens is 196 g/mol. The molecule has 2 heterocycles. The fraction of sp³-hybridized carbons (Fsp3) is 0.400. The van der Waals surface area contributed by atoms with Gasteiger partial charge in [-0.1, -0.05) is 5.16 Å². The minimum Gasteiger partial charge on any atom is -0.466 e. The molecule has 0 aromatic carbocycles. The Labute approximate surface area is 86.7 Å². The predicted molar refractivity (Wildman–Crippen MR) is 52.1 cm³/mol. The SMILES string of the molecule is Cc1cc(-c2nc(C(C)O)no2)c(C)o1. The van der Waals surface area contributed by atoms with Crippen LogP contribution in [0.2, 0.25) is 0 Å². The van der Waals surface area contributed by atoms with Crippen molar-refractivity contribution in [1.82, 2.24) is 10.1 Å². The largest absolute Gasteiger partial charge is 0.466 e. The van der Waals surface area contributed by atoms with Crippen LogP contribution in [0.25, 0.3) is 11.5 Å². The topological polar surface area (TPSA) is 72.3 Å². The third-order valence-corrected chi connectivity index (χ3v) is 2.09. The molecule has 0 saturated carbocycles. The van der Waals surface area contributed by atoms with E-state index in [2.05, 4.69) is 10.1 Å². The Balaban J connectivity index is 2.41. The van der Waals surface area contributed by atoms with Crippen LogP contribution in [-0.2, 0) is 0 Å². The van der Waals surface area contributed by atoms with E-state index in [1.165, 1.54) is 0 Å². The Bertz CT molecular complexity index is 471. The van der Waals surface area contributed by atoms with Crippen LogP contribution in [0.3, 0.4) is 0 Å². The summed E-state index contributed by atoms with van der Waals surface area (Å²) < 4.78 is 10.4. The van der Waals surface area contributed by atoms with Crippen LogP contribution in [0.15, 0.2) is 15.0 Å². The van der Waals surface area contributed by atoms with Gasteiger partial charge in [0, 0.05) is 0 Å². The quantitative estimate of drug-likeness (QED) is 0.817. The summed E-state index contributed by atoms with van der Waals surface area (Å²) in [6, 6.07) is 1.83. The molecule has 2 aromatic heterocycles. The number of furan rings is 1. The van der Waals surface area contributed by atoms with Gasteiger partial charge < -0.3 is 14.0 Å². The molecule has 0 spiro atoms. The molecule has 2 aromatic rings. The minimum atomic E-state index is -0.726. The first kappa shape index (κ1) is 9.92.